The van der Waals surface area contributed by atoms with Crippen LogP contribution in [0.15, 0.2) is 30.5 Å². The number of hydrogen-bond donors (Lipinski definition) is 1. The van der Waals surface area contributed by atoms with Crippen LogP contribution in [0.2, 0.25) is 5.02 Å². The van der Waals surface area contributed by atoms with Crippen molar-refractivity contribution in [2.24, 2.45) is 0 Å². The number of para-hydroxylation sites is 1. The first-order valence-corrected chi connectivity index (χ1v) is 6.88. The highest BCUT2D eigenvalue weighted by Gasteiger charge is 2.25. The van der Waals surface area contributed by atoms with Gasteiger partial charge in [0, 0.05) is 18.2 Å². The molecule has 3 rings (SSSR count). The highest BCUT2D eigenvalue weighted by Crippen LogP contribution is 2.29. The lowest BCUT2D eigenvalue weighted by atomic mass is 10.2. The molecule has 0 radical (unpaired) electrons. The molecule has 0 spiro atoms. The SMILES string of the molecule is FC(F)c1c(CNC2CC2)cnn1-c1ccccc1Cl. The van der Waals surface area contributed by atoms with Crippen molar-refractivity contribution in [2.45, 2.75) is 31.9 Å². The fraction of sp³-hybridized carbons (Fsp3) is 0.357. The number of hydrogen-bond acceptors (Lipinski definition) is 2. The molecule has 0 unspecified atom stereocenters. The van der Waals surface area contributed by atoms with Crippen molar-refractivity contribution in [3.8, 4) is 5.69 Å². The zero-order valence-electron chi connectivity index (χ0n) is 10.7. The summed E-state index contributed by atoms with van der Waals surface area (Å²) in [6, 6.07) is 7.31. The van der Waals surface area contributed by atoms with Gasteiger partial charge >= 0.3 is 0 Å². The summed E-state index contributed by atoms with van der Waals surface area (Å²) in [5, 5.41) is 7.71. The average Bonchev–Trinajstić information content (AvgIpc) is 3.15. The lowest BCUT2D eigenvalue weighted by Crippen LogP contribution is -2.16. The van der Waals surface area contributed by atoms with Gasteiger partial charge in [-0.25, -0.2) is 13.5 Å². The first-order chi connectivity index (χ1) is 9.66. The molecule has 1 heterocycles. The number of benzene rings is 1. The van der Waals surface area contributed by atoms with Crippen LogP contribution in [0.25, 0.3) is 5.69 Å². The molecule has 0 amide bonds. The standard InChI is InChI=1S/C14H14ClF2N3/c15-11-3-1-2-4-12(11)20-13(14(16)17)9(8-19-20)7-18-10-5-6-10/h1-4,8,10,14,18H,5-7H2. The summed E-state index contributed by atoms with van der Waals surface area (Å²) < 4.78 is 27.9. The molecule has 106 valence electrons. The van der Waals surface area contributed by atoms with Crippen LogP contribution in [-0.2, 0) is 6.54 Å². The molecular weight excluding hydrogens is 284 g/mol. The van der Waals surface area contributed by atoms with E-state index in [2.05, 4.69) is 10.4 Å². The van der Waals surface area contributed by atoms with Gasteiger partial charge in [0.1, 0.15) is 5.69 Å². The second-order valence-electron chi connectivity index (χ2n) is 4.87. The molecule has 0 bridgehead atoms. The number of rotatable bonds is 5. The topological polar surface area (TPSA) is 29.9 Å². The number of alkyl halides is 2. The molecular formula is C14H14ClF2N3. The third-order valence-corrected chi connectivity index (χ3v) is 3.65. The summed E-state index contributed by atoms with van der Waals surface area (Å²) in [6.45, 7) is 0.412. The molecule has 1 aliphatic carbocycles. The molecule has 2 aromatic rings. The molecule has 0 aliphatic heterocycles. The van der Waals surface area contributed by atoms with Gasteiger partial charge in [-0.15, -0.1) is 0 Å². The van der Waals surface area contributed by atoms with E-state index < -0.39 is 6.43 Å². The minimum Gasteiger partial charge on any atom is -0.310 e. The Balaban J connectivity index is 1.95. The van der Waals surface area contributed by atoms with Gasteiger partial charge in [0.15, 0.2) is 0 Å². The quantitative estimate of drug-likeness (QED) is 0.911. The van der Waals surface area contributed by atoms with Crippen LogP contribution in [-0.4, -0.2) is 15.8 Å². The summed E-state index contributed by atoms with van der Waals surface area (Å²) in [5.41, 5.74) is 0.903. The van der Waals surface area contributed by atoms with E-state index >= 15 is 0 Å². The fourth-order valence-corrected chi connectivity index (χ4v) is 2.33. The number of nitrogens with zero attached hydrogens (tertiary/aromatic N) is 2. The van der Waals surface area contributed by atoms with Crippen LogP contribution in [0.3, 0.4) is 0 Å². The molecule has 1 N–H and O–H groups in total. The van der Waals surface area contributed by atoms with E-state index in [1.54, 1.807) is 24.3 Å². The molecule has 0 atom stereocenters. The third-order valence-electron chi connectivity index (χ3n) is 3.33. The Morgan fingerprint density at radius 1 is 1.35 bits per heavy atom. The smallest absolute Gasteiger partial charge is 0.280 e. The Morgan fingerprint density at radius 3 is 2.75 bits per heavy atom. The van der Waals surface area contributed by atoms with E-state index in [9.17, 15) is 8.78 Å². The zero-order valence-corrected chi connectivity index (χ0v) is 11.4. The summed E-state index contributed by atoms with van der Waals surface area (Å²) >= 11 is 6.06. The van der Waals surface area contributed by atoms with Crippen LogP contribution >= 0.6 is 11.6 Å². The van der Waals surface area contributed by atoms with Crippen LogP contribution < -0.4 is 5.32 Å². The van der Waals surface area contributed by atoms with Crippen molar-refractivity contribution >= 4 is 11.6 Å². The van der Waals surface area contributed by atoms with Crippen molar-refractivity contribution in [1.29, 1.82) is 0 Å². The van der Waals surface area contributed by atoms with Crippen molar-refractivity contribution in [3.63, 3.8) is 0 Å². The normalized spacial score (nSPS) is 15.0. The molecule has 1 aliphatic rings. The maximum Gasteiger partial charge on any atom is 0.280 e. The summed E-state index contributed by atoms with van der Waals surface area (Å²) in [6.07, 6.45) is 1.12. The highest BCUT2D eigenvalue weighted by molar-refractivity contribution is 6.32. The fourth-order valence-electron chi connectivity index (χ4n) is 2.12. The van der Waals surface area contributed by atoms with Gasteiger partial charge in [-0.05, 0) is 25.0 Å². The molecule has 1 fully saturated rings. The molecule has 0 saturated heterocycles. The molecule has 1 aromatic heterocycles. The third kappa shape index (κ3) is 2.69. The van der Waals surface area contributed by atoms with E-state index in [1.807, 2.05) is 0 Å². The lowest BCUT2D eigenvalue weighted by Gasteiger charge is -2.10. The van der Waals surface area contributed by atoms with Crippen LogP contribution in [0.4, 0.5) is 8.78 Å². The van der Waals surface area contributed by atoms with Crippen molar-refractivity contribution < 1.29 is 8.78 Å². The highest BCUT2D eigenvalue weighted by atomic mass is 35.5. The molecule has 20 heavy (non-hydrogen) atoms. The second-order valence-corrected chi connectivity index (χ2v) is 5.28. The van der Waals surface area contributed by atoms with Gasteiger partial charge in [-0.3, -0.25) is 0 Å². The summed E-state index contributed by atoms with van der Waals surface area (Å²) in [4.78, 5) is 0. The van der Waals surface area contributed by atoms with Gasteiger partial charge < -0.3 is 5.32 Å². The predicted octanol–water partition coefficient (Wildman–Crippen LogP) is 3.72. The summed E-state index contributed by atoms with van der Waals surface area (Å²) in [7, 11) is 0. The molecule has 3 nitrogen and oxygen atoms in total. The Morgan fingerprint density at radius 2 is 2.10 bits per heavy atom. The number of nitrogens with one attached hydrogen (secondary N) is 1. The van der Waals surface area contributed by atoms with Crippen LogP contribution in [0.1, 0.15) is 30.5 Å². The van der Waals surface area contributed by atoms with Gasteiger partial charge in [0.25, 0.3) is 6.43 Å². The number of halogens is 3. The van der Waals surface area contributed by atoms with Crippen molar-refractivity contribution in [1.82, 2.24) is 15.1 Å². The first kappa shape index (κ1) is 13.5. The first-order valence-electron chi connectivity index (χ1n) is 6.50. The maximum atomic E-state index is 13.3. The minimum atomic E-state index is -2.59. The van der Waals surface area contributed by atoms with Crippen LogP contribution in [0.5, 0.6) is 0 Å². The maximum absolute atomic E-state index is 13.3. The van der Waals surface area contributed by atoms with Crippen molar-refractivity contribution in [3.05, 3.63) is 46.7 Å². The minimum absolute atomic E-state index is 0.0914. The van der Waals surface area contributed by atoms with E-state index in [4.69, 9.17) is 11.6 Å². The summed E-state index contributed by atoms with van der Waals surface area (Å²) in [5.74, 6) is 0. The largest absolute Gasteiger partial charge is 0.310 e. The molecule has 1 saturated carbocycles. The van der Waals surface area contributed by atoms with E-state index in [0.29, 0.717) is 28.9 Å². The van der Waals surface area contributed by atoms with Crippen LogP contribution in [0, 0.1) is 0 Å². The second kappa shape index (κ2) is 5.50. The zero-order chi connectivity index (χ0) is 14.1. The van der Waals surface area contributed by atoms with E-state index in [1.165, 1.54) is 10.9 Å². The number of aromatic nitrogens is 2. The lowest BCUT2D eigenvalue weighted by molar-refractivity contribution is 0.141. The van der Waals surface area contributed by atoms with Gasteiger partial charge in [-0.1, -0.05) is 23.7 Å². The monoisotopic (exact) mass is 297 g/mol. The van der Waals surface area contributed by atoms with E-state index in [-0.39, 0.29) is 5.69 Å². The Labute approximate surface area is 120 Å². The predicted molar refractivity (Wildman–Crippen MR) is 73.4 cm³/mol. The van der Waals surface area contributed by atoms with Gasteiger partial charge in [-0.2, -0.15) is 5.10 Å². The molecule has 1 aromatic carbocycles. The molecule has 6 heteroatoms. The Hall–Kier alpha value is -1.46. The van der Waals surface area contributed by atoms with Gasteiger partial charge in [0.05, 0.1) is 16.9 Å². The Bertz CT molecular complexity index is 608. The van der Waals surface area contributed by atoms with Gasteiger partial charge in [0.2, 0.25) is 0 Å². The average molecular weight is 298 g/mol. The van der Waals surface area contributed by atoms with Crippen molar-refractivity contribution in [2.75, 3.05) is 0 Å². The Kier molecular flexibility index (Phi) is 3.72. The van der Waals surface area contributed by atoms with E-state index in [0.717, 1.165) is 12.8 Å².